The second-order valence-electron chi connectivity index (χ2n) is 4.40. The van der Waals surface area contributed by atoms with Crippen LogP contribution in [0.1, 0.15) is 5.56 Å². The molecular formula is C17H13NO. The maximum Gasteiger partial charge on any atom is 0.216 e. The highest BCUT2D eigenvalue weighted by Gasteiger charge is 2.01. The fourth-order valence-corrected chi connectivity index (χ4v) is 2.07. The first-order chi connectivity index (χ1) is 9.33. The van der Waals surface area contributed by atoms with Gasteiger partial charge in [0.15, 0.2) is 6.21 Å². The summed E-state index contributed by atoms with van der Waals surface area (Å²) in [6, 6.07) is 23.3. The first-order valence-corrected chi connectivity index (χ1v) is 6.18. The predicted octanol–water partition coefficient (Wildman–Crippen LogP) is 4.10. The van der Waals surface area contributed by atoms with E-state index in [1.807, 2.05) is 54.6 Å². The summed E-state index contributed by atoms with van der Waals surface area (Å²) >= 11 is 0. The van der Waals surface area contributed by atoms with E-state index in [-0.39, 0.29) is 0 Å². The molecule has 0 aliphatic rings. The van der Waals surface area contributed by atoms with Gasteiger partial charge in [-0.25, -0.2) is 0 Å². The van der Waals surface area contributed by atoms with Crippen LogP contribution in [0.3, 0.4) is 0 Å². The average molecular weight is 247 g/mol. The molecule has 3 aromatic carbocycles. The van der Waals surface area contributed by atoms with Gasteiger partial charge in [-0.3, -0.25) is 0 Å². The summed E-state index contributed by atoms with van der Waals surface area (Å²) in [7, 11) is 0. The number of para-hydroxylation sites is 1. The summed E-state index contributed by atoms with van der Waals surface area (Å²) in [6.07, 6.45) is 1.60. The third-order valence-electron chi connectivity index (χ3n) is 3.05. The molecule has 0 saturated heterocycles. The van der Waals surface area contributed by atoms with Gasteiger partial charge in [-0.2, -0.15) is 4.74 Å². The minimum absolute atomic E-state index is 0.635. The molecule has 0 aromatic heterocycles. The van der Waals surface area contributed by atoms with Gasteiger partial charge in [-0.05, 0) is 22.9 Å². The molecule has 2 heteroatoms. The maximum atomic E-state index is 12.0. The lowest BCUT2D eigenvalue weighted by Gasteiger charge is -2.03. The van der Waals surface area contributed by atoms with Gasteiger partial charge in [-0.15, -0.1) is 0 Å². The van der Waals surface area contributed by atoms with Crippen LogP contribution in [0.5, 0.6) is 0 Å². The quantitative estimate of drug-likeness (QED) is 0.290. The number of benzene rings is 3. The molecule has 0 bridgehead atoms. The molecule has 19 heavy (non-hydrogen) atoms. The van der Waals surface area contributed by atoms with E-state index in [9.17, 15) is 5.21 Å². The number of fused-ring (bicyclic) bond motifs is 1. The Morgan fingerprint density at radius 2 is 1.42 bits per heavy atom. The van der Waals surface area contributed by atoms with Crippen LogP contribution in [0.4, 0.5) is 5.69 Å². The SMILES string of the molecule is [O-]/[N+](=C/c1ccc2ccccc2c1)c1ccccc1. The minimum Gasteiger partial charge on any atom is -0.618 e. The Labute approximate surface area is 111 Å². The van der Waals surface area contributed by atoms with Crippen LogP contribution in [0.15, 0.2) is 72.8 Å². The van der Waals surface area contributed by atoms with Crippen molar-refractivity contribution in [3.63, 3.8) is 0 Å². The van der Waals surface area contributed by atoms with E-state index in [0.717, 1.165) is 15.7 Å². The zero-order chi connectivity index (χ0) is 13.1. The maximum absolute atomic E-state index is 12.0. The summed E-state index contributed by atoms with van der Waals surface area (Å²) in [5.74, 6) is 0. The number of hydrogen-bond acceptors (Lipinski definition) is 1. The molecule has 0 aliphatic heterocycles. The Balaban J connectivity index is 2.01. The molecule has 0 heterocycles. The van der Waals surface area contributed by atoms with Crippen molar-refractivity contribution >= 4 is 22.7 Å². The molecule has 0 radical (unpaired) electrons. The van der Waals surface area contributed by atoms with Crippen LogP contribution in [-0.2, 0) is 0 Å². The van der Waals surface area contributed by atoms with Gasteiger partial charge in [0.05, 0.1) is 0 Å². The van der Waals surface area contributed by atoms with E-state index >= 15 is 0 Å². The van der Waals surface area contributed by atoms with Crippen molar-refractivity contribution in [3.8, 4) is 0 Å². The topological polar surface area (TPSA) is 26.1 Å². The van der Waals surface area contributed by atoms with E-state index in [1.165, 1.54) is 5.39 Å². The van der Waals surface area contributed by atoms with Gasteiger partial charge in [0.2, 0.25) is 5.69 Å². The highest BCUT2D eigenvalue weighted by atomic mass is 16.5. The third kappa shape index (κ3) is 2.47. The smallest absolute Gasteiger partial charge is 0.216 e. The predicted molar refractivity (Wildman–Crippen MR) is 78.8 cm³/mol. The molecular weight excluding hydrogens is 234 g/mol. The second kappa shape index (κ2) is 4.94. The van der Waals surface area contributed by atoms with Crippen molar-refractivity contribution in [2.45, 2.75) is 0 Å². The highest BCUT2D eigenvalue weighted by molar-refractivity contribution is 5.89. The van der Waals surface area contributed by atoms with Gasteiger partial charge in [0.1, 0.15) is 0 Å². The standard InChI is InChI=1S/C17H13NO/c19-18(17-8-2-1-3-9-17)13-14-10-11-15-6-4-5-7-16(15)12-14/h1-13H/b18-13+. The molecule has 0 atom stereocenters. The van der Waals surface area contributed by atoms with E-state index in [2.05, 4.69) is 6.07 Å². The van der Waals surface area contributed by atoms with Crippen molar-refractivity contribution < 1.29 is 4.74 Å². The van der Waals surface area contributed by atoms with E-state index in [1.54, 1.807) is 18.3 Å². The van der Waals surface area contributed by atoms with E-state index in [0.29, 0.717) is 5.69 Å². The first kappa shape index (κ1) is 11.5. The van der Waals surface area contributed by atoms with Crippen molar-refractivity contribution in [1.82, 2.24) is 0 Å². The van der Waals surface area contributed by atoms with Crippen molar-refractivity contribution in [2.24, 2.45) is 0 Å². The third-order valence-corrected chi connectivity index (χ3v) is 3.05. The molecule has 0 spiro atoms. The zero-order valence-electron chi connectivity index (χ0n) is 10.4. The van der Waals surface area contributed by atoms with Crippen molar-refractivity contribution in [3.05, 3.63) is 83.6 Å². The number of nitrogens with zero attached hydrogens (tertiary/aromatic N) is 1. The second-order valence-corrected chi connectivity index (χ2v) is 4.40. The molecule has 0 fully saturated rings. The molecule has 3 aromatic rings. The highest BCUT2D eigenvalue weighted by Crippen LogP contribution is 2.15. The van der Waals surface area contributed by atoms with Crippen molar-refractivity contribution in [2.75, 3.05) is 0 Å². The molecule has 0 aliphatic carbocycles. The van der Waals surface area contributed by atoms with Crippen LogP contribution >= 0.6 is 0 Å². The van der Waals surface area contributed by atoms with Gasteiger partial charge >= 0.3 is 0 Å². The number of hydrogen-bond donors (Lipinski definition) is 0. The summed E-state index contributed by atoms with van der Waals surface area (Å²) in [6.45, 7) is 0. The Kier molecular flexibility index (Phi) is 2.99. The Hall–Kier alpha value is -2.61. The van der Waals surface area contributed by atoms with Crippen molar-refractivity contribution in [1.29, 1.82) is 0 Å². The summed E-state index contributed by atoms with van der Waals surface area (Å²) < 4.78 is 0.893. The van der Waals surface area contributed by atoms with E-state index < -0.39 is 0 Å². The molecule has 2 nitrogen and oxygen atoms in total. The van der Waals surface area contributed by atoms with E-state index in [4.69, 9.17) is 0 Å². The van der Waals surface area contributed by atoms with Gasteiger partial charge in [-0.1, -0.05) is 48.5 Å². The summed E-state index contributed by atoms with van der Waals surface area (Å²) in [5, 5.41) is 14.3. The lowest BCUT2D eigenvalue weighted by molar-refractivity contribution is -0.354. The monoisotopic (exact) mass is 247 g/mol. The Bertz CT molecular complexity index is 732. The van der Waals surface area contributed by atoms with Crippen LogP contribution in [0, 0.1) is 5.21 Å². The van der Waals surface area contributed by atoms with Crippen LogP contribution < -0.4 is 0 Å². The zero-order valence-corrected chi connectivity index (χ0v) is 10.4. The summed E-state index contributed by atoms with van der Waals surface area (Å²) in [4.78, 5) is 0. The molecule has 0 N–H and O–H groups in total. The molecule has 3 rings (SSSR count). The van der Waals surface area contributed by atoms with Crippen LogP contribution in [0.2, 0.25) is 0 Å². The lowest BCUT2D eigenvalue weighted by Crippen LogP contribution is -1.98. The molecule has 92 valence electrons. The normalized spacial score (nSPS) is 11.7. The molecule has 0 amide bonds. The van der Waals surface area contributed by atoms with Gasteiger partial charge in [0, 0.05) is 17.7 Å². The molecule has 0 unspecified atom stereocenters. The minimum atomic E-state index is 0.635. The Morgan fingerprint density at radius 1 is 0.737 bits per heavy atom. The van der Waals surface area contributed by atoms with Crippen LogP contribution in [-0.4, -0.2) is 11.0 Å². The van der Waals surface area contributed by atoms with Crippen LogP contribution in [0.25, 0.3) is 10.8 Å². The fourth-order valence-electron chi connectivity index (χ4n) is 2.07. The number of rotatable bonds is 2. The largest absolute Gasteiger partial charge is 0.618 e. The summed E-state index contributed by atoms with van der Waals surface area (Å²) in [5.41, 5.74) is 1.54. The van der Waals surface area contributed by atoms with Gasteiger partial charge in [0.25, 0.3) is 0 Å². The molecule has 0 saturated carbocycles. The first-order valence-electron chi connectivity index (χ1n) is 6.18. The average Bonchev–Trinajstić information content (AvgIpc) is 2.48. The van der Waals surface area contributed by atoms with Gasteiger partial charge < -0.3 is 5.21 Å². The fraction of sp³-hybridized carbons (Fsp3) is 0. The lowest BCUT2D eigenvalue weighted by atomic mass is 10.1. The Morgan fingerprint density at radius 3 is 2.21 bits per heavy atom.